The minimum atomic E-state index is -3.05. The van der Waals surface area contributed by atoms with E-state index in [4.69, 9.17) is 23.7 Å². The van der Waals surface area contributed by atoms with Crippen LogP contribution in [0.2, 0.25) is 0 Å². The van der Waals surface area contributed by atoms with Gasteiger partial charge >= 0.3 is 12.6 Å². The van der Waals surface area contributed by atoms with Gasteiger partial charge in [-0.05, 0) is 18.2 Å². The van der Waals surface area contributed by atoms with E-state index in [1.807, 2.05) is 0 Å². The predicted molar refractivity (Wildman–Crippen MR) is 105 cm³/mol. The van der Waals surface area contributed by atoms with Crippen molar-refractivity contribution in [2.45, 2.75) is 6.61 Å². The third-order valence-electron chi connectivity index (χ3n) is 3.90. The number of hydrogen-bond acceptors (Lipinski definition) is 8. The van der Waals surface area contributed by atoms with Gasteiger partial charge in [-0.15, -0.1) is 0 Å². The summed E-state index contributed by atoms with van der Waals surface area (Å²) in [5, 5.41) is 2.54. The molecule has 0 saturated heterocycles. The van der Waals surface area contributed by atoms with E-state index < -0.39 is 25.1 Å². The first-order valence-electron chi connectivity index (χ1n) is 8.72. The molecule has 9 nitrogen and oxygen atoms in total. The highest BCUT2D eigenvalue weighted by molar-refractivity contribution is 5.96. The maximum absolute atomic E-state index is 12.4. The van der Waals surface area contributed by atoms with Gasteiger partial charge in [0.25, 0.3) is 5.91 Å². The Hall–Kier alpha value is -3.76. The van der Waals surface area contributed by atoms with Gasteiger partial charge in [0.05, 0.1) is 34.0 Å². The largest absolute Gasteiger partial charge is 0.493 e. The summed E-state index contributed by atoms with van der Waals surface area (Å²) < 4.78 is 54.5. The lowest BCUT2D eigenvalue weighted by Gasteiger charge is -2.14. The Balaban J connectivity index is 2.04. The number of anilines is 1. The van der Waals surface area contributed by atoms with Crippen molar-refractivity contribution in [2.75, 3.05) is 40.4 Å². The fourth-order valence-electron chi connectivity index (χ4n) is 2.55. The van der Waals surface area contributed by atoms with E-state index in [-0.39, 0.29) is 17.1 Å². The molecule has 2 aromatic carbocycles. The molecular weight excluding hydrogens is 420 g/mol. The van der Waals surface area contributed by atoms with Crippen molar-refractivity contribution in [3.05, 3.63) is 35.9 Å². The summed E-state index contributed by atoms with van der Waals surface area (Å²) in [5.74, 6) is -0.817. The van der Waals surface area contributed by atoms with Crippen LogP contribution in [0.4, 0.5) is 14.5 Å². The Morgan fingerprint density at radius 1 is 0.871 bits per heavy atom. The fraction of sp³-hybridized carbons (Fsp3) is 0.300. The standard InChI is InChI=1S/C20H21F2NO8/c1-26-14-7-11(5-6-13(14)31-20(21)22)19(25)30-10-17(24)23-12-8-15(27-2)18(29-4)16(9-12)28-3/h5-9,20H,10H2,1-4H3,(H,23,24). The van der Waals surface area contributed by atoms with Gasteiger partial charge in [0.15, 0.2) is 29.6 Å². The number of amides is 1. The number of halogens is 2. The molecule has 0 unspecified atom stereocenters. The molecule has 0 aliphatic rings. The van der Waals surface area contributed by atoms with Gasteiger partial charge in [0.2, 0.25) is 5.75 Å². The molecule has 168 valence electrons. The summed E-state index contributed by atoms with van der Waals surface area (Å²) in [6.45, 7) is -3.65. The Morgan fingerprint density at radius 3 is 2.00 bits per heavy atom. The summed E-state index contributed by atoms with van der Waals surface area (Å²) >= 11 is 0. The zero-order valence-corrected chi connectivity index (χ0v) is 17.2. The van der Waals surface area contributed by atoms with Crippen molar-refractivity contribution in [1.82, 2.24) is 0 Å². The lowest BCUT2D eigenvalue weighted by atomic mass is 10.2. The zero-order chi connectivity index (χ0) is 23.0. The Morgan fingerprint density at radius 2 is 1.48 bits per heavy atom. The molecule has 1 amide bonds. The van der Waals surface area contributed by atoms with Crippen molar-refractivity contribution < 1.29 is 46.8 Å². The van der Waals surface area contributed by atoms with E-state index in [2.05, 4.69) is 10.1 Å². The fourth-order valence-corrected chi connectivity index (χ4v) is 2.55. The number of rotatable bonds is 10. The number of carbonyl (C=O) groups excluding carboxylic acids is 2. The molecule has 0 aromatic heterocycles. The summed E-state index contributed by atoms with van der Waals surface area (Å²) in [4.78, 5) is 24.4. The number of benzene rings is 2. The third-order valence-corrected chi connectivity index (χ3v) is 3.90. The number of nitrogens with one attached hydrogen (secondary N) is 1. The van der Waals surface area contributed by atoms with E-state index in [1.165, 1.54) is 46.6 Å². The average Bonchev–Trinajstić information content (AvgIpc) is 2.76. The number of carbonyl (C=O) groups is 2. The van der Waals surface area contributed by atoms with Crippen LogP contribution in [0.15, 0.2) is 30.3 Å². The molecule has 1 N–H and O–H groups in total. The Bertz CT molecular complexity index is 910. The first kappa shape index (κ1) is 23.5. The zero-order valence-electron chi connectivity index (χ0n) is 17.2. The number of methoxy groups -OCH3 is 4. The summed E-state index contributed by atoms with van der Waals surface area (Å²) in [6.07, 6.45) is 0. The topological polar surface area (TPSA) is 102 Å². The van der Waals surface area contributed by atoms with Gasteiger partial charge in [-0.3, -0.25) is 4.79 Å². The highest BCUT2D eigenvalue weighted by atomic mass is 19.3. The molecule has 11 heteroatoms. The third kappa shape index (κ3) is 6.11. The van der Waals surface area contributed by atoms with E-state index in [0.29, 0.717) is 22.9 Å². The van der Waals surface area contributed by atoms with Crippen LogP contribution in [0.25, 0.3) is 0 Å². The monoisotopic (exact) mass is 441 g/mol. The second-order valence-electron chi connectivity index (χ2n) is 5.78. The van der Waals surface area contributed by atoms with Crippen molar-refractivity contribution >= 4 is 17.6 Å². The van der Waals surface area contributed by atoms with Crippen molar-refractivity contribution in [3.8, 4) is 28.7 Å². The first-order chi connectivity index (χ1) is 14.8. The van der Waals surface area contributed by atoms with E-state index >= 15 is 0 Å². The number of esters is 1. The second-order valence-corrected chi connectivity index (χ2v) is 5.78. The van der Waals surface area contributed by atoms with Crippen LogP contribution in [-0.2, 0) is 9.53 Å². The Kier molecular flexibility index (Phi) is 8.24. The quantitative estimate of drug-likeness (QED) is 0.562. The lowest BCUT2D eigenvalue weighted by molar-refractivity contribution is -0.119. The van der Waals surface area contributed by atoms with Gasteiger partial charge < -0.3 is 33.7 Å². The molecular formula is C20H21F2NO8. The molecule has 2 rings (SSSR count). The molecule has 0 radical (unpaired) electrons. The van der Waals surface area contributed by atoms with Gasteiger partial charge in [-0.25, -0.2) is 4.79 Å². The molecule has 0 fully saturated rings. The van der Waals surface area contributed by atoms with Crippen molar-refractivity contribution in [1.29, 1.82) is 0 Å². The molecule has 0 spiro atoms. The predicted octanol–water partition coefficient (Wildman–Crippen LogP) is 3.12. The summed E-state index contributed by atoms with van der Waals surface area (Å²) in [6, 6.07) is 6.52. The molecule has 0 saturated carbocycles. The number of hydrogen-bond donors (Lipinski definition) is 1. The normalized spacial score (nSPS) is 10.3. The molecule has 0 bridgehead atoms. The molecule has 0 aliphatic carbocycles. The van der Waals surface area contributed by atoms with Crippen LogP contribution in [0, 0.1) is 0 Å². The maximum Gasteiger partial charge on any atom is 0.387 e. The second kappa shape index (κ2) is 10.9. The van der Waals surface area contributed by atoms with E-state index in [9.17, 15) is 18.4 Å². The molecule has 0 heterocycles. The van der Waals surface area contributed by atoms with E-state index in [1.54, 1.807) is 0 Å². The van der Waals surface area contributed by atoms with Gasteiger partial charge in [-0.2, -0.15) is 8.78 Å². The van der Waals surface area contributed by atoms with Gasteiger partial charge in [0.1, 0.15) is 0 Å². The number of ether oxygens (including phenoxy) is 6. The molecule has 0 aliphatic heterocycles. The summed E-state index contributed by atoms with van der Waals surface area (Å²) in [7, 11) is 5.53. The van der Waals surface area contributed by atoms with Crippen LogP contribution in [0.5, 0.6) is 28.7 Å². The minimum Gasteiger partial charge on any atom is -0.493 e. The smallest absolute Gasteiger partial charge is 0.387 e. The lowest BCUT2D eigenvalue weighted by Crippen LogP contribution is -2.21. The van der Waals surface area contributed by atoms with Crippen LogP contribution < -0.4 is 29.0 Å². The molecule has 2 aromatic rings. The van der Waals surface area contributed by atoms with Gasteiger partial charge in [-0.1, -0.05) is 0 Å². The average molecular weight is 441 g/mol. The Labute approximate surface area is 176 Å². The maximum atomic E-state index is 12.4. The van der Waals surface area contributed by atoms with Crippen molar-refractivity contribution in [2.24, 2.45) is 0 Å². The van der Waals surface area contributed by atoms with Gasteiger partial charge in [0, 0.05) is 17.8 Å². The summed E-state index contributed by atoms with van der Waals surface area (Å²) in [5.41, 5.74) is 0.310. The van der Waals surface area contributed by atoms with Crippen LogP contribution >= 0.6 is 0 Å². The van der Waals surface area contributed by atoms with Crippen LogP contribution in [0.1, 0.15) is 10.4 Å². The molecule has 0 atom stereocenters. The highest BCUT2D eigenvalue weighted by Gasteiger charge is 2.18. The minimum absolute atomic E-state index is 0.0148. The van der Waals surface area contributed by atoms with E-state index in [0.717, 1.165) is 12.1 Å². The molecule has 31 heavy (non-hydrogen) atoms. The van der Waals surface area contributed by atoms with Crippen LogP contribution in [-0.4, -0.2) is 53.5 Å². The SMILES string of the molecule is COc1cc(C(=O)OCC(=O)Nc2cc(OC)c(OC)c(OC)c2)ccc1OC(F)F. The van der Waals surface area contributed by atoms with Crippen molar-refractivity contribution in [3.63, 3.8) is 0 Å². The number of alkyl halides is 2. The highest BCUT2D eigenvalue weighted by Crippen LogP contribution is 2.39. The van der Waals surface area contributed by atoms with Crippen LogP contribution in [0.3, 0.4) is 0 Å². The first-order valence-corrected chi connectivity index (χ1v) is 8.72.